The quantitative estimate of drug-likeness (QED) is 0.569. The Morgan fingerprint density at radius 2 is 2.00 bits per heavy atom. The monoisotopic (exact) mass is 435 g/mol. The van der Waals surface area contributed by atoms with Crippen LogP contribution in [0.1, 0.15) is 50.3 Å². The van der Waals surface area contributed by atoms with Crippen molar-refractivity contribution in [1.29, 1.82) is 0 Å². The van der Waals surface area contributed by atoms with Gasteiger partial charge in [0.1, 0.15) is 5.60 Å². The summed E-state index contributed by atoms with van der Waals surface area (Å²) in [5.74, 6) is -0.350. The van der Waals surface area contributed by atoms with Crippen LogP contribution in [0.5, 0.6) is 0 Å². The molecule has 0 spiro atoms. The molecule has 4 nitrogen and oxygen atoms in total. The lowest BCUT2D eigenvalue weighted by Crippen LogP contribution is -2.42. The number of fused-ring (bicyclic) bond motifs is 3. The third-order valence-corrected chi connectivity index (χ3v) is 5.23. The van der Waals surface area contributed by atoms with Gasteiger partial charge in [0.2, 0.25) is 0 Å². The van der Waals surface area contributed by atoms with E-state index in [1.54, 1.807) is 26.8 Å². The summed E-state index contributed by atoms with van der Waals surface area (Å²) >= 11 is 3.19. The second kappa shape index (κ2) is 6.12. The van der Waals surface area contributed by atoms with E-state index in [-0.39, 0.29) is 31.2 Å². The second-order valence-corrected chi connectivity index (χ2v) is 8.95. The van der Waals surface area contributed by atoms with Gasteiger partial charge in [-0.25, -0.2) is 4.79 Å². The fourth-order valence-corrected chi connectivity index (χ4v) is 4.10. The normalized spacial score (nSPS) is 25.7. The number of carbonyl (C=O) groups is 1. The molecule has 1 aromatic rings. The number of ether oxygens (including phenoxy) is 2. The molecule has 1 aromatic carbocycles. The average molecular weight is 436 g/mol. The van der Waals surface area contributed by atoms with Gasteiger partial charge in [0, 0.05) is 16.9 Å². The second-order valence-electron chi connectivity index (χ2n) is 8.03. The first-order valence-electron chi connectivity index (χ1n) is 8.31. The van der Waals surface area contributed by atoms with Crippen LogP contribution < -0.4 is 0 Å². The summed E-state index contributed by atoms with van der Waals surface area (Å²) in [7, 11) is 0. The van der Waals surface area contributed by atoms with E-state index in [9.17, 15) is 18.0 Å². The van der Waals surface area contributed by atoms with Crippen LogP contribution in [-0.4, -0.2) is 35.3 Å². The van der Waals surface area contributed by atoms with E-state index in [1.807, 2.05) is 6.92 Å². The van der Waals surface area contributed by atoms with Crippen LogP contribution in [0, 0.1) is 0 Å². The van der Waals surface area contributed by atoms with Gasteiger partial charge in [-0.1, -0.05) is 15.9 Å². The predicted molar refractivity (Wildman–Crippen MR) is 92.9 cm³/mol. The Bertz CT molecular complexity index is 744. The molecule has 0 radical (unpaired) electrons. The van der Waals surface area contributed by atoms with Gasteiger partial charge in [-0.15, -0.1) is 0 Å². The summed E-state index contributed by atoms with van der Waals surface area (Å²) in [6, 6.07) is 2.78. The molecule has 2 heterocycles. The highest BCUT2D eigenvalue weighted by Gasteiger charge is 2.51. The number of amides is 1. The van der Waals surface area contributed by atoms with Gasteiger partial charge in [0.05, 0.1) is 24.3 Å². The lowest BCUT2D eigenvalue weighted by atomic mass is 9.80. The first-order chi connectivity index (χ1) is 11.8. The van der Waals surface area contributed by atoms with E-state index in [4.69, 9.17) is 9.47 Å². The molecule has 3 rings (SSSR count). The smallest absolute Gasteiger partial charge is 0.416 e. The Morgan fingerprint density at radius 3 is 2.58 bits per heavy atom. The maximum Gasteiger partial charge on any atom is 0.416 e. The first kappa shape index (κ1) is 19.5. The number of benzene rings is 1. The molecule has 8 heteroatoms. The molecular formula is C18H21BrF3NO3. The number of hydrogen-bond donors (Lipinski definition) is 0. The molecule has 0 N–H and O–H groups in total. The molecule has 0 aliphatic carbocycles. The van der Waals surface area contributed by atoms with Gasteiger partial charge in [-0.05, 0) is 51.0 Å². The molecule has 144 valence electrons. The van der Waals surface area contributed by atoms with Crippen molar-refractivity contribution in [1.82, 2.24) is 4.90 Å². The standard InChI is InChI=1S/C18H21BrF3NO3/c1-16(2,3)26-15(24)23-7-14-11-5-10(19)6-13(18(20,21)22)12(11)8-25-17(14,4)9-23/h5-6,14H,7-9H2,1-4H3/t14-,17?/m0/s1. The number of nitrogens with zero attached hydrogens (tertiary/aromatic N) is 1. The van der Waals surface area contributed by atoms with Crippen molar-refractivity contribution in [3.63, 3.8) is 0 Å². The Kier molecular flexibility index (Phi) is 4.59. The van der Waals surface area contributed by atoms with E-state index in [0.29, 0.717) is 10.0 Å². The van der Waals surface area contributed by atoms with Crippen molar-refractivity contribution in [2.24, 2.45) is 0 Å². The van der Waals surface area contributed by atoms with Crippen molar-refractivity contribution in [2.75, 3.05) is 13.1 Å². The summed E-state index contributed by atoms with van der Waals surface area (Å²) in [6.07, 6.45) is -4.95. The van der Waals surface area contributed by atoms with Crippen LogP contribution in [0.15, 0.2) is 16.6 Å². The maximum absolute atomic E-state index is 13.4. The molecule has 2 aliphatic rings. The summed E-state index contributed by atoms with van der Waals surface area (Å²) < 4.78 is 51.9. The van der Waals surface area contributed by atoms with Crippen LogP contribution in [0.2, 0.25) is 0 Å². The van der Waals surface area contributed by atoms with Gasteiger partial charge in [0.25, 0.3) is 0 Å². The number of halogens is 4. The lowest BCUT2D eigenvalue weighted by Gasteiger charge is -2.37. The highest BCUT2D eigenvalue weighted by atomic mass is 79.9. The number of carbonyl (C=O) groups excluding carboxylic acids is 1. The Labute approximate surface area is 158 Å². The largest absolute Gasteiger partial charge is 0.444 e. The van der Waals surface area contributed by atoms with Crippen molar-refractivity contribution in [3.05, 3.63) is 33.3 Å². The summed E-state index contributed by atoms with van der Waals surface area (Å²) in [4.78, 5) is 13.9. The molecule has 0 aromatic heterocycles. The minimum atomic E-state index is -4.46. The topological polar surface area (TPSA) is 38.8 Å². The van der Waals surface area contributed by atoms with Crippen LogP contribution >= 0.6 is 15.9 Å². The zero-order valence-electron chi connectivity index (χ0n) is 15.0. The lowest BCUT2D eigenvalue weighted by molar-refractivity contribution is -0.141. The predicted octanol–water partition coefficient (Wildman–Crippen LogP) is 5.09. The van der Waals surface area contributed by atoms with Gasteiger partial charge < -0.3 is 14.4 Å². The van der Waals surface area contributed by atoms with Gasteiger partial charge >= 0.3 is 12.3 Å². The minimum absolute atomic E-state index is 0.132. The highest BCUT2D eigenvalue weighted by molar-refractivity contribution is 9.10. The van der Waals surface area contributed by atoms with Crippen molar-refractivity contribution < 1.29 is 27.4 Å². The Morgan fingerprint density at radius 1 is 1.35 bits per heavy atom. The maximum atomic E-state index is 13.4. The third-order valence-electron chi connectivity index (χ3n) is 4.77. The summed E-state index contributed by atoms with van der Waals surface area (Å²) in [5.41, 5.74) is -1.36. The van der Waals surface area contributed by atoms with Crippen LogP contribution in [0.3, 0.4) is 0 Å². The van der Waals surface area contributed by atoms with E-state index in [2.05, 4.69) is 15.9 Å². The molecule has 1 fully saturated rings. The van der Waals surface area contributed by atoms with E-state index in [1.165, 1.54) is 4.90 Å². The molecule has 0 saturated carbocycles. The summed E-state index contributed by atoms with van der Waals surface area (Å²) in [6.45, 7) is 7.55. The van der Waals surface area contributed by atoms with Crippen LogP contribution in [0.4, 0.5) is 18.0 Å². The fraction of sp³-hybridized carbons (Fsp3) is 0.611. The third kappa shape index (κ3) is 3.58. The molecule has 2 atom stereocenters. The van der Waals surface area contributed by atoms with Crippen LogP contribution in [-0.2, 0) is 22.3 Å². The van der Waals surface area contributed by atoms with Gasteiger partial charge in [-0.2, -0.15) is 13.2 Å². The first-order valence-corrected chi connectivity index (χ1v) is 9.11. The highest BCUT2D eigenvalue weighted by Crippen LogP contribution is 2.48. The van der Waals surface area contributed by atoms with E-state index < -0.39 is 29.0 Å². The van der Waals surface area contributed by atoms with Crippen molar-refractivity contribution >= 4 is 22.0 Å². The molecule has 0 bridgehead atoms. The molecule has 26 heavy (non-hydrogen) atoms. The van der Waals surface area contributed by atoms with Crippen molar-refractivity contribution in [3.8, 4) is 0 Å². The number of likely N-dealkylation sites (tertiary alicyclic amines) is 1. The number of alkyl halides is 3. The minimum Gasteiger partial charge on any atom is -0.444 e. The molecular weight excluding hydrogens is 415 g/mol. The fourth-order valence-electron chi connectivity index (χ4n) is 3.63. The molecule has 1 saturated heterocycles. The number of rotatable bonds is 0. The van der Waals surface area contributed by atoms with Crippen LogP contribution in [0.25, 0.3) is 0 Å². The molecule has 1 unspecified atom stereocenters. The Hall–Kier alpha value is -1.28. The van der Waals surface area contributed by atoms with Gasteiger partial charge in [-0.3, -0.25) is 0 Å². The molecule has 2 aliphatic heterocycles. The van der Waals surface area contributed by atoms with E-state index >= 15 is 0 Å². The zero-order chi connectivity index (χ0) is 19.5. The van der Waals surface area contributed by atoms with E-state index in [0.717, 1.165) is 6.07 Å². The average Bonchev–Trinajstić information content (AvgIpc) is 2.82. The zero-order valence-corrected chi connectivity index (χ0v) is 16.6. The Balaban J connectivity index is 1.97. The molecule has 1 amide bonds. The summed E-state index contributed by atoms with van der Waals surface area (Å²) in [5, 5.41) is 0. The SMILES string of the molecule is CC(C)(C)OC(=O)N1C[C@H]2c3cc(Br)cc(C(F)(F)F)c3COC2(C)C1. The van der Waals surface area contributed by atoms with Gasteiger partial charge in [0.15, 0.2) is 0 Å². The van der Waals surface area contributed by atoms with Crippen molar-refractivity contribution in [2.45, 2.75) is 57.6 Å². The number of hydrogen-bond acceptors (Lipinski definition) is 3.